The molecule has 0 atom stereocenters. The van der Waals surface area contributed by atoms with E-state index in [1.165, 1.54) is 15.5 Å². The number of amides is 1. The summed E-state index contributed by atoms with van der Waals surface area (Å²) in [6.07, 6.45) is 5.87. The molecule has 0 aliphatic carbocycles. The van der Waals surface area contributed by atoms with Crippen molar-refractivity contribution in [2.75, 3.05) is 13.1 Å². The predicted molar refractivity (Wildman–Crippen MR) is 95.6 cm³/mol. The number of hydrogen-bond acceptors (Lipinski definition) is 5. The molecule has 0 spiro atoms. The van der Waals surface area contributed by atoms with Gasteiger partial charge in [0.25, 0.3) is 5.56 Å². The third-order valence-electron chi connectivity index (χ3n) is 4.51. The minimum Gasteiger partial charge on any atom is -0.341 e. The summed E-state index contributed by atoms with van der Waals surface area (Å²) < 4.78 is 2.72. The lowest BCUT2D eigenvalue weighted by atomic mass is 10.2. The minimum absolute atomic E-state index is 0.0190. The summed E-state index contributed by atoms with van der Waals surface area (Å²) in [6, 6.07) is 5.66. The molecule has 3 aromatic rings. The van der Waals surface area contributed by atoms with Gasteiger partial charge in [0.1, 0.15) is 24.1 Å². The number of thiophene rings is 1. The largest absolute Gasteiger partial charge is 0.341 e. The van der Waals surface area contributed by atoms with Gasteiger partial charge in [0, 0.05) is 13.1 Å². The summed E-state index contributed by atoms with van der Waals surface area (Å²) in [4.78, 5) is 28.0. The van der Waals surface area contributed by atoms with Crippen LogP contribution in [-0.4, -0.2) is 43.3 Å². The lowest BCUT2D eigenvalue weighted by Crippen LogP contribution is -2.38. The van der Waals surface area contributed by atoms with Crippen LogP contribution in [0.4, 0.5) is 0 Å². The zero-order valence-corrected chi connectivity index (χ0v) is 14.6. The Morgan fingerprint density at radius 3 is 2.72 bits per heavy atom. The molecule has 7 nitrogen and oxygen atoms in total. The van der Waals surface area contributed by atoms with E-state index in [2.05, 4.69) is 10.2 Å². The lowest BCUT2D eigenvalue weighted by Gasteiger charge is -2.20. The Hall–Kier alpha value is -2.48. The Kier molecular flexibility index (Phi) is 4.35. The van der Waals surface area contributed by atoms with E-state index in [0.29, 0.717) is 5.52 Å². The summed E-state index contributed by atoms with van der Waals surface area (Å²) in [7, 11) is 0. The molecule has 0 aromatic carbocycles. The third kappa shape index (κ3) is 3.21. The summed E-state index contributed by atoms with van der Waals surface area (Å²) >= 11 is 1.57. The number of nitrogens with zero attached hydrogens (tertiary/aromatic N) is 5. The van der Waals surface area contributed by atoms with Crippen LogP contribution in [0.15, 0.2) is 34.7 Å². The quantitative estimate of drug-likeness (QED) is 0.719. The molecule has 1 aliphatic heterocycles. The molecule has 1 saturated heterocycles. The summed E-state index contributed by atoms with van der Waals surface area (Å²) in [6.45, 7) is 1.52. The number of carbonyl (C=O) groups excluding carboxylic acids is 1. The molecule has 0 unspecified atom stereocenters. The fourth-order valence-electron chi connectivity index (χ4n) is 3.14. The normalized spacial score (nSPS) is 15.4. The Balaban J connectivity index is 1.60. The van der Waals surface area contributed by atoms with Crippen molar-refractivity contribution in [3.05, 3.63) is 40.3 Å². The molecular formula is C17H19N5O2S. The lowest BCUT2D eigenvalue weighted by molar-refractivity contribution is -0.132. The zero-order chi connectivity index (χ0) is 17.2. The Labute approximate surface area is 148 Å². The highest BCUT2D eigenvalue weighted by atomic mass is 32.1. The fourth-order valence-corrected chi connectivity index (χ4v) is 3.83. The first-order chi connectivity index (χ1) is 12.2. The van der Waals surface area contributed by atoms with Gasteiger partial charge >= 0.3 is 0 Å². The molecule has 4 heterocycles. The molecule has 3 aromatic heterocycles. The molecule has 0 bridgehead atoms. The van der Waals surface area contributed by atoms with E-state index in [-0.39, 0.29) is 18.0 Å². The molecule has 25 heavy (non-hydrogen) atoms. The molecule has 1 aliphatic rings. The molecule has 4 rings (SSSR count). The third-order valence-corrected chi connectivity index (χ3v) is 5.40. The number of hydrogen-bond donors (Lipinski definition) is 0. The maximum Gasteiger partial charge on any atom is 0.293 e. The van der Waals surface area contributed by atoms with Crippen LogP contribution in [0.5, 0.6) is 0 Å². The average molecular weight is 357 g/mol. The van der Waals surface area contributed by atoms with E-state index >= 15 is 0 Å². The van der Waals surface area contributed by atoms with E-state index in [0.717, 1.165) is 49.3 Å². The summed E-state index contributed by atoms with van der Waals surface area (Å²) in [5, 5.41) is 10.5. The van der Waals surface area contributed by atoms with Gasteiger partial charge in [-0.05, 0) is 30.4 Å². The second-order valence-electron chi connectivity index (χ2n) is 6.23. The van der Waals surface area contributed by atoms with Crippen molar-refractivity contribution in [3.8, 4) is 10.6 Å². The molecule has 130 valence electrons. The standard InChI is InChI=1S/C17H19N5O2S/c23-16(20-7-3-1-2-4-8-20)11-21-17(24)14-10-13(15-6-5-9-25-15)19-22(14)12-18-21/h5-6,9-10,12H,1-4,7-8,11H2. The van der Waals surface area contributed by atoms with Gasteiger partial charge in [-0.1, -0.05) is 18.9 Å². The highest BCUT2D eigenvalue weighted by molar-refractivity contribution is 7.13. The van der Waals surface area contributed by atoms with Crippen LogP contribution in [0.3, 0.4) is 0 Å². The summed E-state index contributed by atoms with van der Waals surface area (Å²) in [5.41, 5.74) is 0.883. The zero-order valence-electron chi connectivity index (χ0n) is 13.8. The predicted octanol–water partition coefficient (Wildman–Crippen LogP) is 2.02. The second-order valence-corrected chi connectivity index (χ2v) is 7.17. The van der Waals surface area contributed by atoms with Crippen LogP contribution in [0.1, 0.15) is 25.7 Å². The van der Waals surface area contributed by atoms with E-state index in [9.17, 15) is 9.59 Å². The number of aromatic nitrogens is 4. The van der Waals surface area contributed by atoms with Gasteiger partial charge in [0.05, 0.1) is 4.88 Å². The van der Waals surface area contributed by atoms with Crippen molar-refractivity contribution in [2.24, 2.45) is 0 Å². The number of carbonyl (C=O) groups is 1. The van der Waals surface area contributed by atoms with Crippen molar-refractivity contribution in [2.45, 2.75) is 32.2 Å². The van der Waals surface area contributed by atoms with Crippen LogP contribution >= 0.6 is 11.3 Å². The van der Waals surface area contributed by atoms with Crippen molar-refractivity contribution in [1.29, 1.82) is 0 Å². The average Bonchev–Trinajstić information content (AvgIpc) is 3.21. The fraction of sp³-hybridized carbons (Fsp3) is 0.412. The van der Waals surface area contributed by atoms with Crippen molar-refractivity contribution >= 4 is 22.8 Å². The maximum absolute atomic E-state index is 12.7. The van der Waals surface area contributed by atoms with Crippen LogP contribution < -0.4 is 5.56 Å². The number of fused-ring (bicyclic) bond motifs is 1. The maximum atomic E-state index is 12.7. The number of rotatable bonds is 3. The molecule has 0 N–H and O–H groups in total. The monoisotopic (exact) mass is 357 g/mol. The van der Waals surface area contributed by atoms with Gasteiger partial charge in [-0.15, -0.1) is 11.3 Å². The summed E-state index contributed by atoms with van der Waals surface area (Å²) in [5.74, 6) is -0.0427. The minimum atomic E-state index is -0.291. The second kappa shape index (κ2) is 6.79. The van der Waals surface area contributed by atoms with E-state index in [1.54, 1.807) is 17.4 Å². The molecule has 8 heteroatoms. The molecular weight excluding hydrogens is 338 g/mol. The number of likely N-dealkylation sites (tertiary alicyclic amines) is 1. The van der Waals surface area contributed by atoms with Crippen molar-refractivity contribution in [1.82, 2.24) is 24.3 Å². The van der Waals surface area contributed by atoms with Crippen LogP contribution in [0.25, 0.3) is 16.1 Å². The van der Waals surface area contributed by atoms with Gasteiger partial charge in [-0.25, -0.2) is 9.20 Å². The van der Waals surface area contributed by atoms with Crippen LogP contribution in [0.2, 0.25) is 0 Å². The van der Waals surface area contributed by atoms with Gasteiger partial charge in [-0.3, -0.25) is 9.59 Å². The topological polar surface area (TPSA) is 72.5 Å². The smallest absolute Gasteiger partial charge is 0.293 e. The van der Waals surface area contributed by atoms with E-state index in [4.69, 9.17) is 0 Å². The first-order valence-electron chi connectivity index (χ1n) is 8.49. The molecule has 1 fully saturated rings. The van der Waals surface area contributed by atoms with Crippen LogP contribution in [-0.2, 0) is 11.3 Å². The SMILES string of the molecule is O=C(Cn1ncn2nc(-c3cccs3)cc2c1=O)N1CCCCCC1. The highest BCUT2D eigenvalue weighted by Gasteiger charge is 2.18. The van der Waals surface area contributed by atoms with Gasteiger partial charge in [0.15, 0.2) is 0 Å². The van der Waals surface area contributed by atoms with Crippen molar-refractivity contribution in [3.63, 3.8) is 0 Å². The Morgan fingerprint density at radius 2 is 2.00 bits per heavy atom. The molecule has 0 saturated carbocycles. The first kappa shape index (κ1) is 16.0. The van der Waals surface area contributed by atoms with Crippen LogP contribution in [0, 0.1) is 0 Å². The highest BCUT2D eigenvalue weighted by Crippen LogP contribution is 2.23. The van der Waals surface area contributed by atoms with Gasteiger partial charge in [0.2, 0.25) is 5.91 Å². The van der Waals surface area contributed by atoms with E-state index in [1.807, 2.05) is 22.4 Å². The van der Waals surface area contributed by atoms with E-state index < -0.39 is 0 Å². The van der Waals surface area contributed by atoms with Gasteiger partial charge in [-0.2, -0.15) is 10.2 Å². The molecule has 1 amide bonds. The Bertz CT molecular complexity index is 936. The van der Waals surface area contributed by atoms with Crippen molar-refractivity contribution < 1.29 is 4.79 Å². The molecule has 0 radical (unpaired) electrons. The van der Waals surface area contributed by atoms with Gasteiger partial charge < -0.3 is 4.90 Å². The first-order valence-corrected chi connectivity index (χ1v) is 9.37. The Morgan fingerprint density at radius 1 is 1.20 bits per heavy atom.